The van der Waals surface area contributed by atoms with Crippen molar-refractivity contribution in [1.82, 2.24) is 5.01 Å². The fourth-order valence-electron chi connectivity index (χ4n) is 1.81. The lowest BCUT2D eigenvalue weighted by Gasteiger charge is -2.38. The van der Waals surface area contributed by atoms with Gasteiger partial charge in [-0.1, -0.05) is 13.3 Å². The molecular weight excluding hydrogens is 178 g/mol. The van der Waals surface area contributed by atoms with Crippen molar-refractivity contribution in [3.8, 4) is 0 Å². The quantitative estimate of drug-likeness (QED) is 0.415. The number of nitrogens with zero attached hydrogens (tertiary/aromatic N) is 2. The maximum absolute atomic E-state index is 11.5. The predicted octanol–water partition coefficient (Wildman–Crippen LogP) is -1.24. The number of unbranched alkanes of at least 4 members (excludes halogenated alkanes) is 1. The van der Waals surface area contributed by atoms with E-state index in [1.165, 1.54) is 5.01 Å². The van der Waals surface area contributed by atoms with E-state index in [0.29, 0.717) is 17.3 Å². The Morgan fingerprint density at radius 1 is 1.29 bits per heavy atom. The minimum absolute atomic E-state index is 0.0314. The summed E-state index contributed by atoms with van der Waals surface area (Å²) in [5.74, 6) is -0.0628. The highest BCUT2D eigenvalue weighted by molar-refractivity contribution is 6.17. The first-order valence-electron chi connectivity index (χ1n) is 5.18. The van der Waals surface area contributed by atoms with Crippen molar-refractivity contribution in [3.63, 3.8) is 0 Å². The molecule has 1 aliphatic heterocycles. The van der Waals surface area contributed by atoms with Crippen LogP contribution in [-0.2, 0) is 9.59 Å². The molecule has 0 aliphatic carbocycles. The second kappa shape index (κ2) is 4.17. The van der Waals surface area contributed by atoms with E-state index < -0.39 is 0 Å². The fourth-order valence-corrected chi connectivity index (χ4v) is 1.81. The van der Waals surface area contributed by atoms with Gasteiger partial charge in [0.2, 0.25) is 0 Å². The van der Waals surface area contributed by atoms with Gasteiger partial charge in [-0.3, -0.25) is 9.59 Å². The van der Waals surface area contributed by atoms with Crippen molar-refractivity contribution in [2.75, 3.05) is 6.54 Å². The third-order valence-electron chi connectivity index (χ3n) is 2.63. The van der Waals surface area contributed by atoms with Crippen LogP contribution in [0.25, 0.3) is 0 Å². The molecule has 1 heterocycles. The lowest BCUT2D eigenvalue weighted by molar-refractivity contribution is -0.802. The highest BCUT2D eigenvalue weighted by atomic mass is 16.2. The number of rotatable bonds is 4. The van der Waals surface area contributed by atoms with E-state index in [9.17, 15) is 9.59 Å². The molecule has 0 saturated carbocycles. The molecule has 1 rings (SSSR count). The molecule has 0 aromatic carbocycles. The first kappa shape index (κ1) is 11.3. The smallest absolute Gasteiger partial charge is 0.358 e. The lowest BCUT2D eigenvalue weighted by Crippen LogP contribution is -2.59. The Hall–Kier alpha value is -0.770. The Morgan fingerprint density at radius 3 is 2.21 bits per heavy atom. The first-order valence-corrected chi connectivity index (χ1v) is 5.18. The molecule has 1 aliphatic rings. The van der Waals surface area contributed by atoms with Crippen LogP contribution in [-0.4, -0.2) is 43.7 Å². The third-order valence-corrected chi connectivity index (χ3v) is 2.63. The van der Waals surface area contributed by atoms with Crippen molar-refractivity contribution in [3.05, 3.63) is 0 Å². The van der Waals surface area contributed by atoms with Gasteiger partial charge in [-0.15, -0.1) is 0 Å². The molecule has 0 atom stereocenters. The molecule has 2 amide bonds. The van der Waals surface area contributed by atoms with Crippen molar-refractivity contribution < 1.29 is 14.0 Å². The van der Waals surface area contributed by atoms with Gasteiger partial charge in [0, 0.05) is 12.8 Å². The van der Waals surface area contributed by atoms with E-state index in [4.69, 9.17) is 0 Å². The van der Waals surface area contributed by atoms with Gasteiger partial charge in [-0.05, 0) is 6.42 Å². The van der Waals surface area contributed by atoms with Crippen molar-refractivity contribution in [1.29, 1.82) is 0 Å². The summed E-state index contributed by atoms with van der Waals surface area (Å²) in [4.78, 5) is 23.0. The van der Waals surface area contributed by atoms with Gasteiger partial charge < -0.3 is 4.41 Å². The van der Waals surface area contributed by atoms with Gasteiger partial charge in [-0.2, -0.15) is 5.01 Å². The molecule has 0 radical (unpaired) electrons. The Bertz CT molecular complexity index is 240. The second-order valence-electron chi connectivity index (χ2n) is 4.30. The average molecular weight is 195 g/mol. The number of hydrogen-bond acceptors (Lipinski definition) is 2. The largest absolute Gasteiger partial charge is 0.376 e. The summed E-state index contributed by atoms with van der Waals surface area (Å²) < 4.78 is 0.380. The lowest BCUT2D eigenvalue weighted by atomic mass is 10.1. The van der Waals surface area contributed by atoms with Crippen molar-refractivity contribution in [2.24, 2.45) is 0 Å². The van der Waals surface area contributed by atoms with Crippen molar-refractivity contribution in [2.45, 2.75) is 32.6 Å². The summed E-state index contributed by atoms with van der Waals surface area (Å²) in [5, 5.41) is 1.40. The van der Waals surface area contributed by atoms with E-state index in [1.807, 2.05) is 16.0 Å². The summed E-state index contributed by atoms with van der Waals surface area (Å²) in [6.07, 6.45) is 2.88. The van der Waals surface area contributed by atoms with E-state index >= 15 is 0 Å². The topological polar surface area (TPSA) is 37.4 Å². The molecule has 14 heavy (non-hydrogen) atoms. The standard InChI is InChI=1S/C8H17B2N2O2/c1-2-3-6-12(9,10)11-7(13)4-5-8(11)14/h2-6,9-10H2,1H3/q+1. The predicted molar refractivity (Wildman–Crippen MR) is 58.2 cm³/mol. The molecule has 6 heteroatoms. The summed E-state index contributed by atoms with van der Waals surface area (Å²) in [5.41, 5.74) is 0. The molecule has 0 N–H and O–H groups in total. The molecule has 1 saturated heterocycles. The minimum Gasteiger partial charge on any atom is -0.358 e. The Labute approximate surface area is 86.7 Å². The van der Waals surface area contributed by atoms with Gasteiger partial charge in [0.15, 0.2) is 0 Å². The van der Waals surface area contributed by atoms with Crippen LogP contribution in [0.5, 0.6) is 0 Å². The molecule has 1 fully saturated rings. The number of amides is 2. The second-order valence-corrected chi connectivity index (χ2v) is 4.30. The minimum atomic E-state index is -0.0314. The summed E-state index contributed by atoms with van der Waals surface area (Å²) in [7, 11) is 3.83. The molecule has 4 nitrogen and oxygen atoms in total. The van der Waals surface area contributed by atoms with Crippen LogP contribution in [0.1, 0.15) is 32.6 Å². The first-order chi connectivity index (χ1) is 6.49. The van der Waals surface area contributed by atoms with E-state index in [2.05, 4.69) is 6.92 Å². The average Bonchev–Trinajstić information content (AvgIpc) is 2.43. The van der Waals surface area contributed by atoms with Gasteiger partial charge in [0.25, 0.3) is 11.8 Å². The van der Waals surface area contributed by atoms with Crippen LogP contribution in [0, 0.1) is 0 Å². The normalized spacial score (nSPS) is 17.9. The maximum Gasteiger partial charge on any atom is 0.376 e. The van der Waals surface area contributed by atoms with Crippen LogP contribution >= 0.6 is 0 Å². The van der Waals surface area contributed by atoms with Crippen LogP contribution in [0.15, 0.2) is 0 Å². The van der Waals surface area contributed by atoms with Crippen LogP contribution in [0.3, 0.4) is 0 Å². The van der Waals surface area contributed by atoms with Gasteiger partial charge >= 0.3 is 16.0 Å². The van der Waals surface area contributed by atoms with Gasteiger partial charge in [0.1, 0.15) is 0 Å². The Balaban J connectivity index is 2.69. The molecule has 0 aromatic rings. The highest BCUT2D eigenvalue weighted by Gasteiger charge is 2.39. The summed E-state index contributed by atoms with van der Waals surface area (Å²) in [6.45, 7) is 2.95. The third kappa shape index (κ3) is 2.18. The summed E-state index contributed by atoms with van der Waals surface area (Å²) >= 11 is 0. The van der Waals surface area contributed by atoms with E-state index in [1.54, 1.807) is 0 Å². The van der Waals surface area contributed by atoms with Crippen LogP contribution < -0.4 is 0 Å². The summed E-state index contributed by atoms with van der Waals surface area (Å²) in [6, 6.07) is 0. The number of carbonyl (C=O) groups is 2. The zero-order valence-electron chi connectivity index (χ0n) is 9.25. The van der Waals surface area contributed by atoms with Crippen LogP contribution in [0.2, 0.25) is 0 Å². The molecular formula is C8H17B2N2O2+. The number of carbonyl (C=O) groups excluding carboxylic acids is 2. The number of quaternary nitrogens is 1. The van der Waals surface area contributed by atoms with E-state index in [0.717, 1.165) is 19.4 Å². The monoisotopic (exact) mass is 195 g/mol. The zero-order valence-corrected chi connectivity index (χ0v) is 9.25. The number of hydrogen-bond donors (Lipinski definition) is 0. The maximum atomic E-state index is 11.5. The van der Waals surface area contributed by atoms with Crippen molar-refractivity contribution >= 4 is 27.8 Å². The van der Waals surface area contributed by atoms with Crippen LogP contribution in [0.4, 0.5) is 0 Å². The number of imide groups is 1. The Kier molecular flexibility index (Phi) is 3.37. The molecule has 76 valence electrons. The molecule has 0 aromatic heterocycles. The van der Waals surface area contributed by atoms with Gasteiger partial charge in [0.05, 0.1) is 6.54 Å². The Morgan fingerprint density at radius 2 is 1.79 bits per heavy atom. The molecule has 0 bridgehead atoms. The zero-order chi connectivity index (χ0) is 10.8. The van der Waals surface area contributed by atoms with E-state index in [-0.39, 0.29) is 11.8 Å². The highest BCUT2D eigenvalue weighted by Crippen LogP contribution is 2.18. The molecule has 0 spiro atoms. The fraction of sp³-hybridized carbons (Fsp3) is 0.750. The SMILES string of the molecule is B[N+](B)(CCCC)N1C(=O)CCC1=O. The van der Waals surface area contributed by atoms with Gasteiger partial charge in [-0.25, -0.2) is 0 Å². The molecule has 0 unspecified atom stereocenters.